The maximum atomic E-state index is 13.3. The number of likely N-dealkylation sites (tertiary alicyclic amines) is 1. The first kappa shape index (κ1) is 25.5. The summed E-state index contributed by atoms with van der Waals surface area (Å²) in [5.41, 5.74) is 3.31. The molecule has 0 spiro atoms. The number of aryl methyl sites for hydroxylation is 1. The third-order valence-corrected chi connectivity index (χ3v) is 9.43. The minimum Gasteiger partial charge on any atom is -0.341 e. The number of thiocarbonyl (C=S) groups is 1. The van der Waals surface area contributed by atoms with Crippen LogP contribution in [-0.4, -0.2) is 50.1 Å². The summed E-state index contributed by atoms with van der Waals surface area (Å²) >= 11 is 7.01. The predicted octanol–water partition coefficient (Wildman–Crippen LogP) is 6.39. The number of fused-ring (bicyclic) bond motifs is 1. The highest BCUT2D eigenvalue weighted by molar-refractivity contribution is 8.26. The number of nitrogens with zero attached hydrogens (tertiary/aromatic N) is 3. The van der Waals surface area contributed by atoms with Crippen molar-refractivity contribution in [2.24, 2.45) is 5.92 Å². The van der Waals surface area contributed by atoms with Gasteiger partial charge < -0.3 is 9.47 Å². The number of amides is 2. The first-order valence-corrected chi connectivity index (χ1v) is 14.9. The van der Waals surface area contributed by atoms with Gasteiger partial charge in [-0.1, -0.05) is 87.6 Å². The molecule has 2 aromatic rings. The molecule has 5 rings (SSSR count). The van der Waals surface area contributed by atoms with Gasteiger partial charge in [0.1, 0.15) is 10.9 Å². The molecular formula is C29H37N3O2S2. The maximum Gasteiger partial charge on any atom is 0.266 e. The van der Waals surface area contributed by atoms with Crippen molar-refractivity contribution in [2.45, 2.75) is 77.7 Å². The number of aromatic nitrogens is 1. The molecule has 192 valence electrons. The molecule has 0 bridgehead atoms. The second-order valence-corrected chi connectivity index (χ2v) is 12.1. The topological polar surface area (TPSA) is 45.6 Å². The zero-order valence-corrected chi connectivity index (χ0v) is 23.0. The van der Waals surface area contributed by atoms with Gasteiger partial charge in [0.15, 0.2) is 0 Å². The fourth-order valence-corrected chi connectivity index (χ4v) is 7.30. The molecule has 36 heavy (non-hydrogen) atoms. The molecule has 1 aromatic carbocycles. The summed E-state index contributed by atoms with van der Waals surface area (Å²) in [7, 11) is 0. The normalized spacial score (nSPS) is 20.8. The van der Waals surface area contributed by atoms with Crippen LogP contribution < -0.4 is 0 Å². The lowest BCUT2D eigenvalue weighted by Gasteiger charge is -2.21. The number of hydrogen-bond acceptors (Lipinski definition) is 4. The van der Waals surface area contributed by atoms with Crippen LogP contribution in [0.25, 0.3) is 17.0 Å². The number of hydrogen-bond donors (Lipinski definition) is 0. The van der Waals surface area contributed by atoms with Crippen LogP contribution in [0.4, 0.5) is 0 Å². The summed E-state index contributed by atoms with van der Waals surface area (Å²) in [4.78, 5) is 31.0. The Morgan fingerprint density at radius 3 is 2.58 bits per heavy atom. The van der Waals surface area contributed by atoms with Crippen LogP contribution in [0.1, 0.15) is 75.8 Å². The molecular weight excluding hydrogens is 486 g/mol. The average Bonchev–Trinajstić information content (AvgIpc) is 3.50. The molecule has 0 radical (unpaired) electrons. The van der Waals surface area contributed by atoms with Crippen molar-refractivity contribution in [3.63, 3.8) is 0 Å². The van der Waals surface area contributed by atoms with Crippen LogP contribution in [0, 0.1) is 5.92 Å². The molecule has 3 heterocycles. The summed E-state index contributed by atoms with van der Waals surface area (Å²) < 4.78 is 2.77. The van der Waals surface area contributed by atoms with Gasteiger partial charge >= 0.3 is 0 Å². The summed E-state index contributed by atoms with van der Waals surface area (Å²) in [6.45, 7) is 4.92. The van der Waals surface area contributed by atoms with Gasteiger partial charge in [-0.05, 0) is 43.2 Å². The Kier molecular flexibility index (Phi) is 8.16. The van der Waals surface area contributed by atoms with Crippen molar-refractivity contribution in [3.8, 4) is 0 Å². The standard InChI is InChI=1S/C29H37N3O2S2/c1-2-22-12-9-13-24-23(19-31(27(22)24)20-26(33)30-15-7-3-4-8-16-30)18-25-28(34)32(29(35)36-25)17-14-21-10-5-6-11-21/h9,12-13,18-19,21H,2-8,10-11,14-17,20H2,1H3/b25-18-. The van der Waals surface area contributed by atoms with E-state index >= 15 is 0 Å². The van der Waals surface area contributed by atoms with Crippen LogP contribution in [-0.2, 0) is 22.6 Å². The van der Waals surface area contributed by atoms with Crippen molar-refractivity contribution in [1.29, 1.82) is 0 Å². The second-order valence-electron chi connectivity index (χ2n) is 10.4. The Morgan fingerprint density at radius 1 is 1.11 bits per heavy atom. The second kappa shape index (κ2) is 11.5. The minimum absolute atomic E-state index is 0.0242. The summed E-state index contributed by atoms with van der Waals surface area (Å²) in [6.07, 6.45) is 15.8. The van der Waals surface area contributed by atoms with Crippen LogP contribution in [0.5, 0.6) is 0 Å². The van der Waals surface area contributed by atoms with Gasteiger partial charge in [0.25, 0.3) is 5.91 Å². The number of rotatable bonds is 7. The van der Waals surface area contributed by atoms with Crippen LogP contribution in [0.15, 0.2) is 29.3 Å². The Hall–Kier alpha value is -2.12. The molecule has 2 amide bonds. The van der Waals surface area contributed by atoms with E-state index in [4.69, 9.17) is 12.2 Å². The van der Waals surface area contributed by atoms with Crippen molar-refractivity contribution >= 4 is 57.1 Å². The highest BCUT2D eigenvalue weighted by atomic mass is 32.2. The van der Waals surface area contributed by atoms with Gasteiger partial charge in [-0.3, -0.25) is 14.5 Å². The molecule has 7 heteroatoms. The van der Waals surface area contributed by atoms with E-state index in [1.54, 1.807) is 4.90 Å². The lowest BCUT2D eigenvalue weighted by Crippen LogP contribution is -2.34. The van der Waals surface area contributed by atoms with E-state index in [1.165, 1.54) is 55.9 Å². The van der Waals surface area contributed by atoms with Crippen LogP contribution in [0.3, 0.4) is 0 Å². The minimum atomic E-state index is 0.0242. The van der Waals surface area contributed by atoms with Crippen molar-refractivity contribution < 1.29 is 9.59 Å². The number of para-hydroxylation sites is 1. The Labute approximate surface area is 224 Å². The van der Waals surface area contributed by atoms with E-state index in [1.807, 2.05) is 11.0 Å². The molecule has 3 fully saturated rings. The van der Waals surface area contributed by atoms with E-state index in [0.717, 1.165) is 67.7 Å². The largest absolute Gasteiger partial charge is 0.341 e. The molecule has 1 aliphatic carbocycles. The zero-order valence-electron chi connectivity index (χ0n) is 21.3. The highest BCUT2D eigenvalue weighted by Crippen LogP contribution is 2.36. The number of benzene rings is 1. The van der Waals surface area contributed by atoms with Crippen molar-refractivity contribution in [3.05, 3.63) is 40.4 Å². The monoisotopic (exact) mass is 523 g/mol. The molecule has 3 aliphatic rings. The van der Waals surface area contributed by atoms with E-state index < -0.39 is 0 Å². The number of carbonyl (C=O) groups excluding carboxylic acids is 2. The van der Waals surface area contributed by atoms with Gasteiger partial charge in [0.2, 0.25) is 5.91 Å². The fraction of sp³-hybridized carbons (Fsp3) is 0.552. The smallest absolute Gasteiger partial charge is 0.266 e. The number of thioether (sulfide) groups is 1. The first-order valence-electron chi connectivity index (χ1n) is 13.7. The van der Waals surface area contributed by atoms with Crippen LogP contribution >= 0.6 is 24.0 Å². The fourth-order valence-electron chi connectivity index (χ4n) is 6.00. The molecule has 2 saturated heterocycles. The Balaban J connectivity index is 1.40. The third-order valence-electron chi connectivity index (χ3n) is 8.05. The highest BCUT2D eigenvalue weighted by Gasteiger charge is 2.33. The molecule has 2 aliphatic heterocycles. The Morgan fingerprint density at radius 2 is 1.86 bits per heavy atom. The molecule has 1 aromatic heterocycles. The molecule has 5 nitrogen and oxygen atoms in total. The summed E-state index contributed by atoms with van der Waals surface area (Å²) in [5.74, 6) is 0.937. The molecule has 1 saturated carbocycles. The van der Waals surface area contributed by atoms with Crippen molar-refractivity contribution in [2.75, 3.05) is 19.6 Å². The van der Waals surface area contributed by atoms with Gasteiger partial charge in [0, 0.05) is 36.8 Å². The van der Waals surface area contributed by atoms with Gasteiger partial charge in [0.05, 0.1) is 10.4 Å². The lowest BCUT2D eigenvalue weighted by molar-refractivity contribution is -0.131. The van der Waals surface area contributed by atoms with Gasteiger partial charge in [-0.15, -0.1) is 0 Å². The SMILES string of the molecule is CCc1cccc2c(/C=C3\SC(=S)N(CCC4CCCC4)C3=O)cn(CC(=O)N3CCCCCC3)c12. The van der Waals surface area contributed by atoms with E-state index in [0.29, 0.717) is 15.8 Å². The van der Waals surface area contributed by atoms with E-state index in [9.17, 15) is 9.59 Å². The molecule has 0 unspecified atom stereocenters. The average molecular weight is 524 g/mol. The summed E-state index contributed by atoms with van der Waals surface area (Å²) in [5, 5.41) is 1.09. The van der Waals surface area contributed by atoms with E-state index in [-0.39, 0.29) is 11.8 Å². The first-order chi connectivity index (χ1) is 17.5. The van der Waals surface area contributed by atoms with Crippen molar-refractivity contribution in [1.82, 2.24) is 14.4 Å². The Bertz CT molecular complexity index is 1170. The number of carbonyl (C=O) groups is 2. The summed E-state index contributed by atoms with van der Waals surface area (Å²) in [6, 6.07) is 6.32. The molecule has 0 atom stereocenters. The van der Waals surface area contributed by atoms with Gasteiger partial charge in [-0.2, -0.15) is 0 Å². The van der Waals surface area contributed by atoms with Gasteiger partial charge in [-0.25, -0.2) is 0 Å². The quantitative estimate of drug-likeness (QED) is 0.312. The van der Waals surface area contributed by atoms with E-state index in [2.05, 4.69) is 35.9 Å². The predicted molar refractivity (Wildman–Crippen MR) is 153 cm³/mol. The lowest BCUT2D eigenvalue weighted by atomic mass is 10.0. The third kappa shape index (κ3) is 5.42. The zero-order chi connectivity index (χ0) is 25.1. The molecule has 0 N–H and O–H groups in total. The maximum absolute atomic E-state index is 13.3. The van der Waals surface area contributed by atoms with Crippen LogP contribution in [0.2, 0.25) is 0 Å².